The number of hydrogen-bond acceptors (Lipinski definition) is 0. The zero-order valence-electron chi connectivity index (χ0n) is 4.74. The van der Waals surface area contributed by atoms with E-state index in [0.717, 1.165) is 0 Å². The van der Waals surface area contributed by atoms with Gasteiger partial charge in [-0.1, -0.05) is 0 Å². The minimum atomic E-state index is 0. The van der Waals surface area contributed by atoms with E-state index in [2.05, 4.69) is 0 Å². The second-order valence-electron chi connectivity index (χ2n) is 0. The molecule has 0 fully saturated rings. The molecule has 0 atom stereocenters. The van der Waals surface area contributed by atoms with Gasteiger partial charge in [0.05, 0.1) is 0 Å². The normalized spacial score (nSPS) is 0. The van der Waals surface area contributed by atoms with Gasteiger partial charge in [-0.15, -0.1) is 0 Å². The summed E-state index contributed by atoms with van der Waals surface area (Å²) in [6, 6.07) is 0. The van der Waals surface area contributed by atoms with Gasteiger partial charge in [-0.25, -0.2) is 0 Å². The minimum Gasteiger partial charge on any atom is -1.00 e. The molecule has 0 saturated heterocycles. The zero-order chi connectivity index (χ0) is 0. The van der Waals surface area contributed by atoms with Crippen LogP contribution in [0.5, 0.6) is 0 Å². The molecule has 0 unspecified atom stereocenters. The molecule has 3 nitrogen and oxygen atoms in total. The van der Waals surface area contributed by atoms with Crippen LogP contribution in [-0.4, -0.2) is 5.48 Å². The topological polar surface area (TPSA) is 104 Å². The molecule has 0 aromatic rings. The Hall–Kier alpha value is 1.95. The van der Waals surface area contributed by atoms with Crippen LogP contribution in [0, 0.1) is 0 Å². The largest absolute Gasteiger partial charge is 4.00 e. The van der Waals surface area contributed by atoms with Gasteiger partial charge in [0.15, 0.2) is 0 Å². The van der Waals surface area contributed by atoms with Gasteiger partial charge in [0.25, 0.3) is 0 Å². The Morgan fingerprint density at radius 1 is 0.444 bits per heavy atom. The molecule has 9 heteroatoms. The average Bonchev–Trinajstić information content (AvgIpc) is 0. The van der Waals surface area contributed by atoms with Crippen molar-refractivity contribution in [3.05, 3.63) is 0 Å². The van der Waals surface area contributed by atoms with Crippen LogP contribution in [-0.2, 0) is 19.5 Å². The average molecular weight is 332 g/mol. The molecule has 0 aliphatic heterocycles. The molecule has 68 valence electrons. The Kier molecular flexibility index (Phi) is 6610. The summed E-state index contributed by atoms with van der Waals surface area (Å²) in [5.74, 6) is 0. The number of halogens is 5. The molecule has 0 aliphatic carbocycles. The van der Waals surface area contributed by atoms with Gasteiger partial charge in [-0.05, 0) is 0 Å². The predicted octanol–water partition coefficient (Wildman–Crippen LogP) is -15.1. The monoisotopic (exact) mass is 331 g/mol. The summed E-state index contributed by atoms with van der Waals surface area (Å²) in [5, 5.41) is 0. The van der Waals surface area contributed by atoms with E-state index in [1.165, 1.54) is 0 Å². The second kappa shape index (κ2) is 209. The molecule has 0 rings (SSSR count). The molecule has 0 radical (unpaired) electrons. The van der Waals surface area contributed by atoms with E-state index in [1.54, 1.807) is 0 Å². The summed E-state index contributed by atoms with van der Waals surface area (Å²) < 4.78 is 0. The van der Waals surface area contributed by atoms with Crippen LogP contribution in [0.25, 0.3) is 0 Å². The van der Waals surface area contributed by atoms with Gasteiger partial charge in [-0.2, -0.15) is 0 Å². The van der Waals surface area contributed by atoms with Crippen molar-refractivity contribution in [2.45, 2.75) is 0 Å². The fraction of sp³-hybridized carbons (Fsp3) is 0. The van der Waals surface area contributed by atoms with Crippen LogP contribution in [0.4, 0.5) is 0 Å². The maximum atomic E-state index is 0. The van der Waals surface area contributed by atoms with Crippen LogP contribution in [0.2, 0.25) is 0 Å². The van der Waals surface area contributed by atoms with Crippen molar-refractivity contribution >= 4 is 0 Å². The molecule has 0 spiro atoms. The fourth-order valence-corrected chi connectivity index (χ4v) is 0. The molecule has 0 aliphatic rings. The molecule has 0 amide bonds. The fourth-order valence-electron chi connectivity index (χ4n) is 0. The SMILES string of the molecule is O.[Cl-].[Cl-].[Cl-].[Cl-].[Cl-].[NH4+].[NH4+].[Ru+4]. The van der Waals surface area contributed by atoms with E-state index >= 15 is 0 Å². The molecule has 0 heterocycles. The maximum absolute atomic E-state index is 0. The third kappa shape index (κ3) is 165. The van der Waals surface area contributed by atoms with Crippen molar-refractivity contribution in [2.75, 3.05) is 0 Å². The molecule has 0 aromatic carbocycles. The Bertz CT molecular complexity index is 14.9. The van der Waals surface area contributed by atoms with Crippen molar-refractivity contribution in [3.8, 4) is 0 Å². The molecule has 0 bridgehead atoms. The second-order valence-corrected chi connectivity index (χ2v) is 0. The van der Waals surface area contributed by atoms with Crippen molar-refractivity contribution in [2.24, 2.45) is 0 Å². The van der Waals surface area contributed by atoms with E-state index in [1.807, 2.05) is 0 Å². The smallest absolute Gasteiger partial charge is 1.00 e. The molecule has 0 saturated carbocycles. The van der Waals surface area contributed by atoms with Gasteiger partial charge in [0.1, 0.15) is 0 Å². The molecule has 9 heavy (non-hydrogen) atoms. The third-order valence-corrected chi connectivity index (χ3v) is 0. The van der Waals surface area contributed by atoms with Crippen LogP contribution in [0.3, 0.4) is 0 Å². The van der Waals surface area contributed by atoms with Gasteiger partial charge in [0, 0.05) is 0 Å². The minimum absolute atomic E-state index is 0. The van der Waals surface area contributed by atoms with Crippen molar-refractivity contribution in [1.82, 2.24) is 12.3 Å². The van der Waals surface area contributed by atoms with Crippen molar-refractivity contribution in [3.63, 3.8) is 0 Å². The van der Waals surface area contributed by atoms with Crippen LogP contribution in [0.15, 0.2) is 0 Å². The number of rotatable bonds is 0. The Balaban J connectivity index is 0. The van der Waals surface area contributed by atoms with Gasteiger partial charge in [0.2, 0.25) is 0 Å². The van der Waals surface area contributed by atoms with Gasteiger partial charge >= 0.3 is 19.5 Å². The zero-order valence-corrected chi connectivity index (χ0v) is 10.3. The summed E-state index contributed by atoms with van der Waals surface area (Å²) in [4.78, 5) is 0. The van der Waals surface area contributed by atoms with Crippen LogP contribution < -0.4 is 74.3 Å². The predicted molar refractivity (Wildman–Crippen MR) is 15.6 cm³/mol. The first kappa shape index (κ1) is 284. The van der Waals surface area contributed by atoms with Crippen LogP contribution >= 0.6 is 0 Å². The van der Waals surface area contributed by atoms with Crippen molar-refractivity contribution in [1.29, 1.82) is 0 Å². The van der Waals surface area contributed by atoms with E-state index in [4.69, 9.17) is 0 Å². The Labute approximate surface area is 98.8 Å². The number of hydrogen-bond donors (Lipinski definition) is 2. The summed E-state index contributed by atoms with van der Waals surface area (Å²) in [6.45, 7) is 0. The van der Waals surface area contributed by atoms with E-state index < -0.39 is 0 Å². The Morgan fingerprint density at radius 2 is 0.444 bits per heavy atom. The standard InChI is InChI=1S/5ClH.2H3N.H2O.Ru/h5*1H;2*1H3;1H2;/q;;;;;;;;+4/p-3. The molecular weight excluding hydrogens is 322 g/mol. The van der Waals surface area contributed by atoms with E-state index in [9.17, 15) is 0 Å². The third-order valence-electron chi connectivity index (χ3n) is 0. The van der Waals surface area contributed by atoms with Crippen LogP contribution in [0.1, 0.15) is 0 Å². The van der Waals surface area contributed by atoms with E-state index in [0.29, 0.717) is 0 Å². The first-order valence-electron chi connectivity index (χ1n) is 0. The quantitative estimate of drug-likeness (QED) is 0.411. The molecular formula is H10Cl5N2ORu+. The van der Waals surface area contributed by atoms with Crippen molar-refractivity contribution < 1.29 is 87.0 Å². The first-order valence-corrected chi connectivity index (χ1v) is 0. The molecule has 10 N–H and O–H groups in total. The number of quaternary nitrogens is 2. The summed E-state index contributed by atoms with van der Waals surface area (Å²) in [6.07, 6.45) is 0. The first-order chi connectivity index (χ1) is 0. The van der Waals surface area contributed by atoms with Gasteiger partial charge < -0.3 is 79.8 Å². The Morgan fingerprint density at radius 3 is 0.444 bits per heavy atom. The summed E-state index contributed by atoms with van der Waals surface area (Å²) >= 11 is 0. The van der Waals surface area contributed by atoms with Gasteiger partial charge in [-0.3, -0.25) is 0 Å². The maximum Gasteiger partial charge on any atom is 4.00 e. The van der Waals surface area contributed by atoms with E-state index in [-0.39, 0.29) is 99.3 Å². The molecule has 0 aromatic heterocycles. The summed E-state index contributed by atoms with van der Waals surface area (Å²) in [7, 11) is 0. The summed E-state index contributed by atoms with van der Waals surface area (Å²) in [5.41, 5.74) is 0.